The zero-order chi connectivity index (χ0) is 19.4. The second kappa shape index (κ2) is 6.48. The lowest BCUT2D eigenvalue weighted by atomic mass is 9.48. The van der Waals surface area contributed by atoms with Gasteiger partial charge in [-0.1, -0.05) is 54.6 Å². The Labute approximate surface area is 172 Å². The summed E-state index contributed by atoms with van der Waals surface area (Å²) < 4.78 is 0. The summed E-state index contributed by atoms with van der Waals surface area (Å²) >= 11 is 0. The molecule has 4 aliphatic carbocycles. The van der Waals surface area contributed by atoms with E-state index in [0.29, 0.717) is 5.41 Å². The Morgan fingerprint density at radius 2 is 1.17 bits per heavy atom. The molecule has 4 aliphatic rings. The third-order valence-corrected chi connectivity index (χ3v) is 7.57. The smallest absolute Gasteiger partial charge is 0.163 e. The van der Waals surface area contributed by atoms with Crippen molar-refractivity contribution in [2.24, 2.45) is 17.8 Å². The molecule has 0 N–H and O–H groups in total. The highest BCUT2D eigenvalue weighted by atomic mass is 15.0. The summed E-state index contributed by atoms with van der Waals surface area (Å²) in [6.45, 7) is 1.95. The summed E-state index contributed by atoms with van der Waals surface area (Å²) in [6.07, 6.45) is 8.68. The second-order valence-electron chi connectivity index (χ2n) is 9.67. The van der Waals surface area contributed by atoms with Crippen molar-refractivity contribution in [3.05, 3.63) is 66.0 Å². The van der Waals surface area contributed by atoms with E-state index in [9.17, 15) is 0 Å². The van der Waals surface area contributed by atoms with Gasteiger partial charge in [0.2, 0.25) is 0 Å². The van der Waals surface area contributed by atoms with E-state index >= 15 is 0 Å². The van der Waals surface area contributed by atoms with E-state index < -0.39 is 0 Å². The topological polar surface area (TPSA) is 38.7 Å². The van der Waals surface area contributed by atoms with Crippen molar-refractivity contribution in [2.45, 2.75) is 50.9 Å². The van der Waals surface area contributed by atoms with Crippen LogP contribution in [0.25, 0.3) is 22.8 Å². The SMILES string of the molecule is Cc1nc(-c2ccccc2)nc(-c2ccc(C34CC5CC(CC(C5)C3)C4)cc2)n1. The Kier molecular flexibility index (Phi) is 3.87. The van der Waals surface area contributed by atoms with Crippen LogP contribution >= 0.6 is 0 Å². The lowest BCUT2D eigenvalue weighted by Crippen LogP contribution is -2.48. The summed E-state index contributed by atoms with van der Waals surface area (Å²) in [5.41, 5.74) is 4.11. The molecule has 0 atom stereocenters. The van der Waals surface area contributed by atoms with Crippen LogP contribution < -0.4 is 0 Å². The largest absolute Gasteiger partial charge is 0.213 e. The van der Waals surface area contributed by atoms with Crippen LogP contribution in [0.3, 0.4) is 0 Å². The number of hydrogen-bond donors (Lipinski definition) is 0. The highest BCUT2D eigenvalue weighted by molar-refractivity contribution is 5.61. The number of nitrogens with zero attached hydrogens (tertiary/aromatic N) is 3. The zero-order valence-electron chi connectivity index (χ0n) is 17.0. The molecule has 3 heteroatoms. The van der Waals surface area contributed by atoms with E-state index in [4.69, 9.17) is 4.98 Å². The van der Waals surface area contributed by atoms with Gasteiger partial charge in [-0.25, -0.2) is 15.0 Å². The Hall–Kier alpha value is -2.55. The average Bonchev–Trinajstić information content (AvgIpc) is 2.73. The number of benzene rings is 2. The quantitative estimate of drug-likeness (QED) is 0.560. The van der Waals surface area contributed by atoms with E-state index in [1.165, 1.54) is 38.5 Å². The first kappa shape index (κ1) is 17.3. The molecule has 0 radical (unpaired) electrons. The Balaban J connectivity index is 1.33. The van der Waals surface area contributed by atoms with Crippen LogP contribution in [-0.4, -0.2) is 15.0 Å². The van der Waals surface area contributed by atoms with Gasteiger partial charge in [0, 0.05) is 11.1 Å². The van der Waals surface area contributed by atoms with Gasteiger partial charge in [0.05, 0.1) is 0 Å². The van der Waals surface area contributed by atoms with Gasteiger partial charge >= 0.3 is 0 Å². The third kappa shape index (κ3) is 2.99. The fourth-order valence-electron chi connectivity index (χ4n) is 6.76. The first-order valence-electron chi connectivity index (χ1n) is 11.1. The van der Waals surface area contributed by atoms with Crippen LogP contribution in [0.2, 0.25) is 0 Å². The molecular formula is C26H27N3. The Morgan fingerprint density at radius 1 is 0.655 bits per heavy atom. The molecule has 7 rings (SSSR count). The van der Waals surface area contributed by atoms with Crippen LogP contribution in [0.15, 0.2) is 54.6 Å². The van der Waals surface area contributed by atoms with Crippen molar-refractivity contribution in [2.75, 3.05) is 0 Å². The van der Waals surface area contributed by atoms with Gasteiger partial charge in [0.25, 0.3) is 0 Å². The molecule has 146 valence electrons. The fourth-order valence-corrected chi connectivity index (χ4v) is 6.76. The standard InChI is InChI=1S/C26H27N3/c1-17-27-24(21-5-3-2-4-6-21)29-25(28-17)22-7-9-23(10-8-22)26-14-18-11-19(15-26)13-20(12-18)16-26/h2-10,18-20H,11-16H2,1H3. The van der Waals surface area contributed by atoms with Crippen molar-refractivity contribution < 1.29 is 0 Å². The minimum absolute atomic E-state index is 0.442. The molecule has 0 spiro atoms. The minimum Gasteiger partial charge on any atom is -0.213 e. The fraction of sp³-hybridized carbons (Fsp3) is 0.423. The minimum atomic E-state index is 0.442. The maximum absolute atomic E-state index is 4.77. The molecule has 0 saturated heterocycles. The first-order chi connectivity index (χ1) is 14.2. The zero-order valence-corrected chi connectivity index (χ0v) is 17.0. The summed E-state index contributed by atoms with van der Waals surface area (Å²) in [4.78, 5) is 14.0. The molecule has 29 heavy (non-hydrogen) atoms. The van der Waals surface area contributed by atoms with Gasteiger partial charge < -0.3 is 0 Å². The van der Waals surface area contributed by atoms with Crippen molar-refractivity contribution >= 4 is 0 Å². The number of aromatic nitrogens is 3. The molecule has 4 saturated carbocycles. The Bertz CT molecular complexity index is 1000. The Morgan fingerprint density at radius 3 is 1.72 bits per heavy atom. The van der Waals surface area contributed by atoms with E-state index in [-0.39, 0.29) is 0 Å². The van der Waals surface area contributed by atoms with Crippen LogP contribution in [0.1, 0.15) is 49.9 Å². The van der Waals surface area contributed by atoms with Gasteiger partial charge in [-0.2, -0.15) is 0 Å². The molecule has 4 fully saturated rings. The summed E-state index contributed by atoms with van der Waals surface area (Å²) in [7, 11) is 0. The van der Waals surface area contributed by atoms with E-state index in [2.05, 4.69) is 46.4 Å². The predicted molar refractivity (Wildman–Crippen MR) is 115 cm³/mol. The number of aryl methyl sites for hydroxylation is 1. The third-order valence-electron chi connectivity index (χ3n) is 7.57. The van der Waals surface area contributed by atoms with Gasteiger partial charge in [0.1, 0.15) is 5.82 Å². The van der Waals surface area contributed by atoms with Crippen molar-refractivity contribution in [1.29, 1.82) is 0 Å². The summed E-state index contributed by atoms with van der Waals surface area (Å²) in [5.74, 6) is 5.20. The maximum Gasteiger partial charge on any atom is 0.163 e. The van der Waals surface area contributed by atoms with Crippen molar-refractivity contribution in [3.63, 3.8) is 0 Å². The molecule has 0 unspecified atom stereocenters. The lowest BCUT2D eigenvalue weighted by Gasteiger charge is -2.57. The van der Waals surface area contributed by atoms with Gasteiger partial charge in [0.15, 0.2) is 11.6 Å². The highest BCUT2D eigenvalue weighted by Gasteiger charge is 2.51. The monoisotopic (exact) mass is 381 g/mol. The lowest BCUT2D eigenvalue weighted by molar-refractivity contribution is -0.00518. The molecule has 1 heterocycles. The van der Waals surface area contributed by atoms with Crippen LogP contribution in [0.5, 0.6) is 0 Å². The highest BCUT2D eigenvalue weighted by Crippen LogP contribution is 2.60. The maximum atomic E-state index is 4.77. The van der Waals surface area contributed by atoms with E-state index in [0.717, 1.165) is 46.4 Å². The molecular weight excluding hydrogens is 354 g/mol. The van der Waals surface area contributed by atoms with E-state index in [1.54, 1.807) is 5.56 Å². The van der Waals surface area contributed by atoms with Gasteiger partial charge in [-0.3, -0.25) is 0 Å². The molecule has 4 bridgehead atoms. The molecule has 3 aromatic rings. The normalized spacial score (nSPS) is 29.9. The molecule has 0 aliphatic heterocycles. The van der Waals surface area contributed by atoms with E-state index in [1.807, 2.05) is 25.1 Å². The molecule has 3 nitrogen and oxygen atoms in total. The second-order valence-corrected chi connectivity index (χ2v) is 9.67. The van der Waals surface area contributed by atoms with Crippen LogP contribution in [0.4, 0.5) is 0 Å². The van der Waals surface area contributed by atoms with Gasteiger partial charge in [-0.15, -0.1) is 0 Å². The molecule has 0 amide bonds. The number of rotatable bonds is 3. The van der Waals surface area contributed by atoms with Crippen molar-refractivity contribution in [3.8, 4) is 22.8 Å². The predicted octanol–water partition coefficient (Wildman–Crippen LogP) is 5.98. The van der Waals surface area contributed by atoms with Crippen LogP contribution in [0, 0.1) is 24.7 Å². The van der Waals surface area contributed by atoms with Gasteiger partial charge in [-0.05, 0) is 74.2 Å². The summed E-state index contributed by atoms with van der Waals surface area (Å²) in [5, 5.41) is 0. The van der Waals surface area contributed by atoms with Crippen LogP contribution in [-0.2, 0) is 5.41 Å². The average molecular weight is 382 g/mol. The first-order valence-corrected chi connectivity index (χ1v) is 11.1. The molecule has 1 aromatic heterocycles. The van der Waals surface area contributed by atoms with Crippen molar-refractivity contribution in [1.82, 2.24) is 15.0 Å². The molecule has 2 aromatic carbocycles. The summed E-state index contributed by atoms with van der Waals surface area (Å²) in [6, 6.07) is 19.4. The number of hydrogen-bond acceptors (Lipinski definition) is 3.